The number of benzene rings is 1. The highest BCUT2D eigenvalue weighted by Gasteiger charge is 2.30. The minimum Gasteiger partial charge on any atom is -0.398 e. The van der Waals surface area contributed by atoms with Crippen molar-refractivity contribution in [3.63, 3.8) is 0 Å². The van der Waals surface area contributed by atoms with E-state index in [1.165, 1.54) is 17.4 Å². The zero-order chi connectivity index (χ0) is 14.0. The lowest BCUT2D eigenvalue weighted by molar-refractivity contribution is -0.137. The fourth-order valence-corrected chi connectivity index (χ4v) is 2.40. The minimum atomic E-state index is -4.33. The molecular formula is C13H13F3N2S. The first kappa shape index (κ1) is 13.7. The Balaban J connectivity index is 2.18. The van der Waals surface area contributed by atoms with Gasteiger partial charge < -0.3 is 11.1 Å². The van der Waals surface area contributed by atoms with Gasteiger partial charge in [0, 0.05) is 16.3 Å². The minimum absolute atomic E-state index is 0.422. The second kappa shape index (κ2) is 5.13. The molecule has 2 aromatic rings. The molecule has 0 saturated heterocycles. The Kier molecular flexibility index (Phi) is 3.71. The zero-order valence-corrected chi connectivity index (χ0v) is 11.0. The standard InChI is InChI=1S/C13H13F3N2S/c1-8-2-3-9(13(14,15)16)6-11(8)18-7-12-10(17)4-5-19-12/h2-6,18H,7,17H2,1H3. The molecule has 0 fully saturated rings. The molecule has 2 nitrogen and oxygen atoms in total. The number of alkyl halides is 3. The summed E-state index contributed by atoms with van der Waals surface area (Å²) in [6, 6.07) is 5.45. The maximum atomic E-state index is 12.6. The van der Waals surface area contributed by atoms with E-state index in [4.69, 9.17) is 5.73 Å². The van der Waals surface area contributed by atoms with E-state index >= 15 is 0 Å². The molecule has 0 aliphatic rings. The third kappa shape index (κ3) is 3.20. The van der Waals surface area contributed by atoms with Crippen molar-refractivity contribution in [1.82, 2.24) is 0 Å². The number of nitrogens with one attached hydrogen (secondary N) is 1. The lowest BCUT2D eigenvalue weighted by atomic mass is 10.1. The quantitative estimate of drug-likeness (QED) is 0.884. The van der Waals surface area contributed by atoms with Crippen molar-refractivity contribution in [1.29, 1.82) is 0 Å². The van der Waals surface area contributed by atoms with Crippen molar-refractivity contribution in [2.75, 3.05) is 11.1 Å². The largest absolute Gasteiger partial charge is 0.416 e. The van der Waals surface area contributed by atoms with Crippen molar-refractivity contribution >= 4 is 22.7 Å². The van der Waals surface area contributed by atoms with Crippen LogP contribution in [-0.2, 0) is 12.7 Å². The molecule has 0 aliphatic carbocycles. The number of hydrogen-bond donors (Lipinski definition) is 2. The van der Waals surface area contributed by atoms with Crippen molar-refractivity contribution in [3.8, 4) is 0 Å². The van der Waals surface area contributed by atoms with E-state index in [0.29, 0.717) is 17.9 Å². The van der Waals surface area contributed by atoms with E-state index in [9.17, 15) is 13.2 Å². The fraction of sp³-hybridized carbons (Fsp3) is 0.231. The molecular weight excluding hydrogens is 273 g/mol. The molecule has 3 N–H and O–H groups in total. The maximum absolute atomic E-state index is 12.6. The van der Waals surface area contributed by atoms with Gasteiger partial charge >= 0.3 is 6.18 Å². The van der Waals surface area contributed by atoms with Crippen molar-refractivity contribution < 1.29 is 13.2 Å². The van der Waals surface area contributed by atoms with Gasteiger partial charge in [0.1, 0.15) is 0 Å². The van der Waals surface area contributed by atoms with E-state index in [2.05, 4.69) is 5.32 Å². The molecule has 0 bridgehead atoms. The molecule has 19 heavy (non-hydrogen) atoms. The number of nitrogen functional groups attached to an aromatic ring is 1. The predicted molar refractivity (Wildman–Crippen MR) is 72.2 cm³/mol. The van der Waals surface area contributed by atoms with Crippen molar-refractivity contribution in [3.05, 3.63) is 45.6 Å². The highest BCUT2D eigenvalue weighted by molar-refractivity contribution is 7.10. The van der Waals surface area contributed by atoms with Crippen LogP contribution in [-0.4, -0.2) is 0 Å². The average molecular weight is 286 g/mol. The number of nitrogens with two attached hydrogens (primary N) is 1. The van der Waals surface area contributed by atoms with Crippen LogP contribution < -0.4 is 11.1 Å². The van der Waals surface area contributed by atoms with Crippen LogP contribution in [0.1, 0.15) is 16.0 Å². The van der Waals surface area contributed by atoms with E-state index in [1.54, 1.807) is 13.0 Å². The summed E-state index contributed by atoms with van der Waals surface area (Å²) in [5.41, 5.74) is 6.98. The van der Waals surface area contributed by atoms with E-state index < -0.39 is 11.7 Å². The van der Waals surface area contributed by atoms with Gasteiger partial charge in [-0.2, -0.15) is 13.2 Å². The molecule has 0 saturated carbocycles. The first-order chi connectivity index (χ1) is 8.88. The number of aryl methyl sites for hydroxylation is 1. The molecule has 2 rings (SSSR count). The summed E-state index contributed by atoms with van der Waals surface area (Å²) in [5.74, 6) is 0. The second-order valence-corrected chi connectivity index (χ2v) is 5.18. The summed E-state index contributed by atoms with van der Waals surface area (Å²) in [6.07, 6.45) is -4.33. The van der Waals surface area contributed by atoms with Gasteiger partial charge in [0.05, 0.1) is 12.1 Å². The second-order valence-electron chi connectivity index (χ2n) is 4.18. The van der Waals surface area contributed by atoms with Gasteiger partial charge in [-0.25, -0.2) is 0 Å². The van der Waals surface area contributed by atoms with Crippen LogP contribution >= 0.6 is 11.3 Å². The highest BCUT2D eigenvalue weighted by Crippen LogP contribution is 2.32. The van der Waals surface area contributed by atoms with Crippen LogP contribution in [0.2, 0.25) is 0 Å². The molecule has 0 aliphatic heterocycles. The molecule has 0 unspecified atom stereocenters. The molecule has 0 spiro atoms. The Morgan fingerprint density at radius 1 is 1.26 bits per heavy atom. The van der Waals surface area contributed by atoms with Crippen LogP contribution in [0.4, 0.5) is 24.5 Å². The van der Waals surface area contributed by atoms with Crippen LogP contribution in [0.15, 0.2) is 29.6 Å². The van der Waals surface area contributed by atoms with E-state index in [-0.39, 0.29) is 0 Å². The van der Waals surface area contributed by atoms with Crippen LogP contribution in [0, 0.1) is 6.92 Å². The summed E-state index contributed by atoms with van der Waals surface area (Å²) in [4.78, 5) is 0.914. The number of anilines is 2. The molecule has 6 heteroatoms. The Hall–Kier alpha value is -1.69. The number of rotatable bonds is 3. The molecule has 1 heterocycles. The smallest absolute Gasteiger partial charge is 0.398 e. The molecule has 102 valence electrons. The Labute approximate surface area is 113 Å². The van der Waals surface area contributed by atoms with Gasteiger partial charge in [-0.05, 0) is 36.1 Å². The lowest BCUT2D eigenvalue weighted by Gasteiger charge is -2.13. The highest BCUT2D eigenvalue weighted by atomic mass is 32.1. The number of halogens is 3. The maximum Gasteiger partial charge on any atom is 0.416 e. The van der Waals surface area contributed by atoms with Crippen molar-refractivity contribution in [2.45, 2.75) is 19.6 Å². The zero-order valence-electron chi connectivity index (χ0n) is 10.2. The molecule has 0 atom stereocenters. The Morgan fingerprint density at radius 3 is 2.58 bits per heavy atom. The number of hydrogen-bond acceptors (Lipinski definition) is 3. The molecule has 1 aromatic carbocycles. The summed E-state index contributed by atoms with van der Waals surface area (Å²) in [5, 5.41) is 4.85. The first-order valence-electron chi connectivity index (χ1n) is 5.61. The topological polar surface area (TPSA) is 38.0 Å². The van der Waals surface area contributed by atoms with Gasteiger partial charge in [0.25, 0.3) is 0 Å². The van der Waals surface area contributed by atoms with Gasteiger partial charge in [0.2, 0.25) is 0 Å². The lowest BCUT2D eigenvalue weighted by Crippen LogP contribution is -2.07. The summed E-state index contributed by atoms with van der Waals surface area (Å²) < 4.78 is 37.9. The Morgan fingerprint density at radius 2 is 2.00 bits per heavy atom. The average Bonchev–Trinajstić information content (AvgIpc) is 2.72. The fourth-order valence-electron chi connectivity index (χ4n) is 1.66. The van der Waals surface area contributed by atoms with E-state index in [1.807, 2.05) is 5.38 Å². The van der Waals surface area contributed by atoms with Crippen LogP contribution in [0.5, 0.6) is 0 Å². The predicted octanol–water partition coefficient (Wildman–Crippen LogP) is 4.27. The van der Waals surface area contributed by atoms with Crippen LogP contribution in [0.25, 0.3) is 0 Å². The van der Waals surface area contributed by atoms with Gasteiger partial charge in [0.15, 0.2) is 0 Å². The molecule has 1 aromatic heterocycles. The number of thiophene rings is 1. The SMILES string of the molecule is Cc1ccc(C(F)(F)F)cc1NCc1sccc1N. The van der Waals surface area contributed by atoms with E-state index in [0.717, 1.165) is 22.6 Å². The van der Waals surface area contributed by atoms with Gasteiger partial charge in [-0.1, -0.05) is 6.07 Å². The van der Waals surface area contributed by atoms with Crippen molar-refractivity contribution in [2.24, 2.45) is 0 Å². The summed E-state index contributed by atoms with van der Waals surface area (Å²) in [7, 11) is 0. The third-order valence-corrected chi connectivity index (χ3v) is 3.72. The normalized spacial score (nSPS) is 11.6. The Bertz CT molecular complexity index is 576. The monoisotopic (exact) mass is 286 g/mol. The van der Waals surface area contributed by atoms with Gasteiger partial charge in [-0.15, -0.1) is 11.3 Å². The summed E-state index contributed by atoms with van der Waals surface area (Å²) in [6.45, 7) is 2.19. The van der Waals surface area contributed by atoms with Gasteiger partial charge in [-0.3, -0.25) is 0 Å². The molecule has 0 amide bonds. The summed E-state index contributed by atoms with van der Waals surface area (Å²) >= 11 is 1.47. The third-order valence-electron chi connectivity index (χ3n) is 2.78. The molecule has 0 radical (unpaired) electrons. The first-order valence-corrected chi connectivity index (χ1v) is 6.49. The van der Waals surface area contributed by atoms with Crippen LogP contribution in [0.3, 0.4) is 0 Å².